The normalized spacial score (nSPS) is 18.0. The summed E-state index contributed by atoms with van der Waals surface area (Å²) >= 11 is 0. The van der Waals surface area contributed by atoms with E-state index in [0.717, 1.165) is 0 Å². The number of piperazine rings is 1. The summed E-state index contributed by atoms with van der Waals surface area (Å²) in [6.45, 7) is 11.4. The van der Waals surface area contributed by atoms with E-state index >= 15 is 0 Å². The van der Waals surface area contributed by atoms with Gasteiger partial charge in [0.1, 0.15) is 0 Å². The molecule has 0 bridgehead atoms. The van der Waals surface area contributed by atoms with E-state index in [-0.39, 0.29) is 41.5 Å². The summed E-state index contributed by atoms with van der Waals surface area (Å²) < 4.78 is 4.95. The molecule has 2 heterocycles. The number of carbonyl (C=O) groups excluding carboxylic acids is 1. The van der Waals surface area contributed by atoms with Crippen molar-refractivity contribution in [2.75, 3.05) is 20.1 Å². The lowest BCUT2D eigenvalue weighted by molar-refractivity contribution is -0.145. The van der Waals surface area contributed by atoms with Crippen molar-refractivity contribution in [1.82, 2.24) is 25.3 Å². The van der Waals surface area contributed by atoms with E-state index in [1.807, 2.05) is 23.6 Å². The van der Waals surface area contributed by atoms with E-state index in [0.29, 0.717) is 37.3 Å². The maximum absolute atomic E-state index is 12.5. The maximum atomic E-state index is 12.5. The standard InChI is InChI=1S/C15H26N6O2.HI/c1-10(2)21-13(22)8-20(9-15(21,4)5)14(16-6)17-7-12-18-11(3)23-19-12;/h10H,7-9H2,1-6H3,(H,16,17);1H. The van der Waals surface area contributed by atoms with Crippen LogP contribution < -0.4 is 5.32 Å². The zero-order valence-electron chi connectivity index (χ0n) is 15.2. The van der Waals surface area contributed by atoms with Gasteiger partial charge in [-0.3, -0.25) is 9.79 Å². The van der Waals surface area contributed by atoms with Crippen LogP contribution in [-0.4, -0.2) is 63.5 Å². The number of guanidine groups is 1. The highest BCUT2D eigenvalue weighted by atomic mass is 127. The van der Waals surface area contributed by atoms with Crippen molar-refractivity contribution < 1.29 is 9.32 Å². The van der Waals surface area contributed by atoms with Gasteiger partial charge in [-0.1, -0.05) is 5.16 Å². The molecule has 0 radical (unpaired) electrons. The van der Waals surface area contributed by atoms with Crippen LogP contribution in [0.5, 0.6) is 0 Å². The zero-order valence-corrected chi connectivity index (χ0v) is 17.5. The number of aryl methyl sites for hydroxylation is 1. The van der Waals surface area contributed by atoms with E-state index in [9.17, 15) is 4.79 Å². The van der Waals surface area contributed by atoms with E-state index < -0.39 is 0 Å². The van der Waals surface area contributed by atoms with Crippen LogP contribution in [0.15, 0.2) is 9.52 Å². The predicted octanol–water partition coefficient (Wildman–Crippen LogP) is 1.40. The number of hydrogen-bond donors (Lipinski definition) is 1. The van der Waals surface area contributed by atoms with Gasteiger partial charge in [0.15, 0.2) is 11.8 Å². The highest BCUT2D eigenvalue weighted by molar-refractivity contribution is 14.0. The molecular weight excluding hydrogens is 423 g/mol. The molecule has 1 N–H and O–H groups in total. The van der Waals surface area contributed by atoms with Gasteiger partial charge in [0.25, 0.3) is 0 Å². The summed E-state index contributed by atoms with van der Waals surface area (Å²) in [7, 11) is 1.70. The molecule has 1 fully saturated rings. The second-order valence-corrected chi connectivity index (χ2v) is 6.66. The van der Waals surface area contributed by atoms with Crippen LogP contribution in [-0.2, 0) is 11.3 Å². The minimum Gasteiger partial charge on any atom is -0.349 e. The molecule has 1 aliphatic rings. The summed E-state index contributed by atoms with van der Waals surface area (Å²) in [4.78, 5) is 24.9. The topological polar surface area (TPSA) is 86.9 Å². The molecule has 24 heavy (non-hydrogen) atoms. The number of nitrogens with zero attached hydrogens (tertiary/aromatic N) is 5. The van der Waals surface area contributed by atoms with Crippen molar-refractivity contribution in [1.29, 1.82) is 0 Å². The molecule has 1 amide bonds. The van der Waals surface area contributed by atoms with E-state index in [4.69, 9.17) is 4.52 Å². The van der Waals surface area contributed by atoms with Crippen LogP contribution in [0.3, 0.4) is 0 Å². The first-order chi connectivity index (χ1) is 10.7. The van der Waals surface area contributed by atoms with Crippen LogP contribution in [0.1, 0.15) is 39.4 Å². The average Bonchev–Trinajstić information content (AvgIpc) is 2.82. The van der Waals surface area contributed by atoms with Crippen molar-refractivity contribution in [3.8, 4) is 0 Å². The Hall–Kier alpha value is -1.39. The molecule has 1 saturated heterocycles. The first-order valence-corrected chi connectivity index (χ1v) is 7.81. The molecule has 1 aliphatic heterocycles. The Balaban J connectivity index is 0.00000288. The fourth-order valence-electron chi connectivity index (χ4n) is 3.22. The molecule has 9 heteroatoms. The van der Waals surface area contributed by atoms with Gasteiger partial charge in [-0.2, -0.15) is 4.98 Å². The molecule has 1 aromatic rings. The third kappa shape index (κ3) is 4.58. The molecular formula is C15H27IN6O2. The number of aromatic nitrogens is 2. The molecule has 8 nitrogen and oxygen atoms in total. The fourth-order valence-corrected chi connectivity index (χ4v) is 3.22. The Morgan fingerprint density at radius 1 is 1.46 bits per heavy atom. The lowest BCUT2D eigenvalue weighted by Crippen LogP contribution is -2.66. The molecule has 0 saturated carbocycles. The monoisotopic (exact) mass is 450 g/mol. The van der Waals surface area contributed by atoms with Crippen LogP contribution in [0.25, 0.3) is 0 Å². The predicted molar refractivity (Wildman–Crippen MR) is 102 cm³/mol. The third-order valence-electron chi connectivity index (χ3n) is 3.83. The van der Waals surface area contributed by atoms with Gasteiger partial charge in [-0.25, -0.2) is 0 Å². The van der Waals surface area contributed by atoms with E-state index in [1.165, 1.54) is 0 Å². The second-order valence-electron chi connectivity index (χ2n) is 6.66. The van der Waals surface area contributed by atoms with Crippen LogP contribution in [0, 0.1) is 6.92 Å². The number of nitrogens with one attached hydrogen (secondary N) is 1. The molecule has 0 aromatic carbocycles. The van der Waals surface area contributed by atoms with Crippen LogP contribution >= 0.6 is 24.0 Å². The van der Waals surface area contributed by atoms with Crippen molar-refractivity contribution in [2.45, 2.75) is 52.7 Å². The lowest BCUT2D eigenvalue weighted by atomic mass is 9.96. The van der Waals surface area contributed by atoms with Gasteiger partial charge in [-0.15, -0.1) is 24.0 Å². The Morgan fingerprint density at radius 2 is 2.12 bits per heavy atom. The van der Waals surface area contributed by atoms with Gasteiger partial charge in [-0.05, 0) is 27.7 Å². The number of amides is 1. The average molecular weight is 450 g/mol. The smallest absolute Gasteiger partial charge is 0.242 e. The summed E-state index contributed by atoms with van der Waals surface area (Å²) in [5.74, 6) is 1.86. The molecule has 1 aromatic heterocycles. The lowest BCUT2D eigenvalue weighted by Gasteiger charge is -2.49. The summed E-state index contributed by atoms with van der Waals surface area (Å²) in [6.07, 6.45) is 0. The van der Waals surface area contributed by atoms with Crippen molar-refractivity contribution in [2.24, 2.45) is 4.99 Å². The van der Waals surface area contributed by atoms with Gasteiger partial charge in [0.2, 0.25) is 11.8 Å². The quantitative estimate of drug-likeness (QED) is 0.426. The highest BCUT2D eigenvalue weighted by Gasteiger charge is 2.40. The Kier molecular flexibility index (Phi) is 6.99. The van der Waals surface area contributed by atoms with Gasteiger partial charge >= 0.3 is 0 Å². The Morgan fingerprint density at radius 3 is 2.58 bits per heavy atom. The number of aliphatic imine (C=N–C) groups is 1. The SMILES string of the molecule is CN=C(NCc1noc(C)n1)N1CC(=O)N(C(C)C)C(C)(C)C1.I. The van der Waals surface area contributed by atoms with E-state index in [2.05, 4.69) is 34.3 Å². The second kappa shape index (κ2) is 8.13. The van der Waals surface area contributed by atoms with Gasteiger partial charge < -0.3 is 19.6 Å². The zero-order chi connectivity index (χ0) is 17.2. The number of halogens is 1. The molecule has 0 aliphatic carbocycles. The summed E-state index contributed by atoms with van der Waals surface area (Å²) in [6, 6.07) is 0.178. The van der Waals surface area contributed by atoms with Crippen molar-refractivity contribution in [3.05, 3.63) is 11.7 Å². The molecule has 0 spiro atoms. The van der Waals surface area contributed by atoms with Gasteiger partial charge in [0.05, 0.1) is 18.6 Å². The van der Waals surface area contributed by atoms with E-state index in [1.54, 1.807) is 14.0 Å². The first-order valence-electron chi connectivity index (χ1n) is 7.81. The molecule has 0 unspecified atom stereocenters. The van der Waals surface area contributed by atoms with Crippen LogP contribution in [0.4, 0.5) is 0 Å². The minimum absolute atomic E-state index is 0. The summed E-state index contributed by atoms with van der Waals surface area (Å²) in [5, 5.41) is 7.04. The van der Waals surface area contributed by atoms with Crippen molar-refractivity contribution in [3.63, 3.8) is 0 Å². The Bertz CT molecular complexity index is 599. The largest absolute Gasteiger partial charge is 0.349 e. The number of rotatable bonds is 3. The molecule has 0 atom stereocenters. The van der Waals surface area contributed by atoms with Gasteiger partial charge in [0, 0.05) is 26.6 Å². The fraction of sp³-hybridized carbons (Fsp3) is 0.733. The summed E-state index contributed by atoms with van der Waals surface area (Å²) in [5.41, 5.74) is -0.260. The minimum atomic E-state index is -0.260. The molecule has 136 valence electrons. The van der Waals surface area contributed by atoms with Crippen LogP contribution in [0.2, 0.25) is 0 Å². The first kappa shape index (κ1) is 20.7. The maximum Gasteiger partial charge on any atom is 0.242 e. The molecule has 2 rings (SSSR count). The van der Waals surface area contributed by atoms with Crippen molar-refractivity contribution >= 4 is 35.8 Å². The Labute approximate surface area is 160 Å². The highest BCUT2D eigenvalue weighted by Crippen LogP contribution is 2.24. The third-order valence-corrected chi connectivity index (χ3v) is 3.83. The number of hydrogen-bond acceptors (Lipinski definition) is 5. The number of carbonyl (C=O) groups is 1.